The van der Waals surface area contributed by atoms with E-state index in [1.54, 1.807) is 0 Å². The van der Waals surface area contributed by atoms with E-state index < -0.39 is 5.41 Å². The molecule has 17 heavy (non-hydrogen) atoms. The second kappa shape index (κ2) is 7.64. The van der Waals surface area contributed by atoms with Gasteiger partial charge in [-0.2, -0.15) is 0 Å². The summed E-state index contributed by atoms with van der Waals surface area (Å²) in [5.74, 6) is 0.00282. The van der Waals surface area contributed by atoms with E-state index in [1.165, 1.54) is 0 Å². The van der Waals surface area contributed by atoms with Gasteiger partial charge in [0.2, 0.25) is 5.91 Å². The molecule has 0 aliphatic rings. The molecule has 1 amide bonds. The van der Waals surface area contributed by atoms with E-state index in [2.05, 4.69) is 19.2 Å². The number of hydrogen-bond acceptors (Lipinski definition) is 2. The Labute approximate surface area is 111 Å². The van der Waals surface area contributed by atoms with Crippen molar-refractivity contribution in [2.75, 3.05) is 0 Å². The van der Waals surface area contributed by atoms with Gasteiger partial charge in [-0.25, -0.2) is 0 Å². The molecule has 0 saturated heterocycles. The highest BCUT2D eigenvalue weighted by molar-refractivity contribution is 7.80. The third kappa shape index (κ3) is 4.26. The quantitative estimate of drug-likeness (QED) is 0.658. The lowest BCUT2D eigenvalue weighted by atomic mass is 9.78. The average molecular weight is 258 g/mol. The maximum Gasteiger partial charge on any atom is 0.233 e. The first-order valence-electron chi connectivity index (χ1n) is 6.55. The van der Waals surface area contributed by atoms with Crippen LogP contribution in [-0.4, -0.2) is 16.9 Å². The molecule has 0 aromatic carbocycles. The zero-order valence-electron chi connectivity index (χ0n) is 11.5. The minimum absolute atomic E-state index is 0.00282. The largest absolute Gasteiger partial charge is 0.392 e. The summed E-state index contributed by atoms with van der Waals surface area (Å²) < 4.78 is 0. The summed E-state index contributed by atoms with van der Waals surface area (Å²) >= 11 is 5.14. The maximum absolute atomic E-state index is 12.4. The zero-order valence-corrected chi connectivity index (χ0v) is 12.3. The van der Waals surface area contributed by atoms with Gasteiger partial charge < -0.3 is 11.1 Å². The van der Waals surface area contributed by atoms with Crippen LogP contribution in [0.3, 0.4) is 0 Å². The second-order valence-electron chi connectivity index (χ2n) is 4.73. The summed E-state index contributed by atoms with van der Waals surface area (Å²) in [5.41, 5.74) is 5.18. The number of carbonyl (C=O) groups is 1. The highest BCUT2D eigenvalue weighted by Crippen LogP contribution is 2.31. The summed E-state index contributed by atoms with van der Waals surface area (Å²) in [7, 11) is 0. The average Bonchev–Trinajstić information content (AvgIpc) is 2.27. The molecule has 0 spiro atoms. The van der Waals surface area contributed by atoms with Crippen molar-refractivity contribution < 1.29 is 4.79 Å². The summed E-state index contributed by atoms with van der Waals surface area (Å²) in [4.78, 5) is 12.7. The van der Waals surface area contributed by atoms with Gasteiger partial charge in [0.15, 0.2) is 0 Å². The Morgan fingerprint density at radius 1 is 1.29 bits per heavy atom. The second-order valence-corrected chi connectivity index (χ2v) is 5.17. The SMILES string of the molecule is CCCC(CCC)(C(=O)NC(C)CC)C(N)=S. The van der Waals surface area contributed by atoms with E-state index in [0.717, 1.165) is 32.1 Å². The number of nitrogens with two attached hydrogens (primary N) is 1. The predicted molar refractivity (Wildman–Crippen MR) is 76.9 cm³/mol. The first-order chi connectivity index (χ1) is 7.94. The molecule has 0 aliphatic heterocycles. The number of carbonyl (C=O) groups excluding carboxylic acids is 1. The fraction of sp³-hybridized carbons (Fsp3) is 0.846. The van der Waals surface area contributed by atoms with Crippen molar-refractivity contribution in [3.8, 4) is 0 Å². The van der Waals surface area contributed by atoms with Crippen LogP contribution in [0.5, 0.6) is 0 Å². The third-order valence-corrected chi connectivity index (χ3v) is 3.64. The van der Waals surface area contributed by atoms with Crippen LogP contribution in [-0.2, 0) is 4.79 Å². The van der Waals surface area contributed by atoms with Crippen molar-refractivity contribution in [2.24, 2.45) is 11.1 Å². The number of nitrogens with one attached hydrogen (secondary N) is 1. The number of thiocarbonyl (C=S) groups is 1. The van der Waals surface area contributed by atoms with Gasteiger partial charge in [-0.15, -0.1) is 0 Å². The molecule has 0 aromatic rings. The molecule has 1 unspecified atom stereocenters. The van der Waals surface area contributed by atoms with E-state index >= 15 is 0 Å². The molecule has 100 valence electrons. The molecule has 0 aromatic heterocycles. The van der Waals surface area contributed by atoms with Gasteiger partial charge in [-0.3, -0.25) is 4.79 Å². The normalized spacial score (nSPS) is 13.2. The van der Waals surface area contributed by atoms with Crippen molar-refractivity contribution >= 4 is 23.1 Å². The van der Waals surface area contributed by atoms with Gasteiger partial charge in [-0.05, 0) is 26.2 Å². The smallest absolute Gasteiger partial charge is 0.233 e. The zero-order chi connectivity index (χ0) is 13.5. The van der Waals surface area contributed by atoms with Gasteiger partial charge in [0, 0.05) is 6.04 Å². The van der Waals surface area contributed by atoms with Gasteiger partial charge >= 0.3 is 0 Å². The van der Waals surface area contributed by atoms with Crippen molar-refractivity contribution in [2.45, 2.75) is 65.8 Å². The number of hydrogen-bond donors (Lipinski definition) is 2. The molecule has 0 fully saturated rings. The van der Waals surface area contributed by atoms with Crippen LogP contribution in [0.15, 0.2) is 0 Å². The van der Waals surface area contributed by atoms with E-state index in [4.69, 9.17) is 18.0 Å². The lowest BCUT2D eigenvalue weighted by Crippen LogP contribution is -2.51. The van der Waals surface area contributed by atoms with Crippen LogP contribution in [0.2, 0.25) is 0 Å². The fourth-order valence-corrected chi connectivity index (χ4v) is 2.32. The third-order valence-electron chi connectivity index (χ3n) is 3.25. The molecule has 1 atom stereocenters. The molecule has 0 bridgehead atoms. The number of rotatable bonds is 8. The van der Waals surface area contributed by atoms with E-state index in [0.29, 0.717) is 4.99 Å². The molecule has 0 radical (unpaired) electrons. The monoisotopic (exact) mass is 258 g/mol. The molecule has 0 rings (SSSR count). The van der Waals surface area contributed by atoms with Gasteiger partial charge in [0.05, 0.1) is 10.4 Å². The van der Waals surface area contributed by atoms with Gasteiger partial charge in [0.1, 0.15) is 0 Å². The maximum atomic E-state index is 12.4. The summed E-state index contributed by atoms with van der Waals surface area (Å²) in [6.07, 6.45) is 4.20. The first kappa shape index (κ1) is 16.4. The minimum atomic E-state index is -0.651. The first-order valence-corrected chi connectivity index (χ1v) is 6.96. The lowest BCUT2D eigenvalue weighted by Gasteiger charge is -2.32. The molecule has 3 nitrogen and oxygen atoms in total. The van der Waals surface area contributed by atoms with Crippen molar-refractivity contribution in [1.82, 2.24) is 5.32 Å². The van der Waals surface area contributed by atoms with Crippen molar-refractivity contribution in [1.29, 1.82) is 0 Å². The van der Waals surface area contributed by atoms with Crippen LogP contribution in [0.1, 0.15) is 59.8 Å². The highest BCUT2D eigenvalue weighted by Gasteiger charge is 2.39. The lowest BCUT2D eigenvalue weighted by molar-refractivity contribution is -0.128. The minimum Gasteiger partial charge on any atom is -0.392 e. The Bertz CT molecular complexity index is 260. The molecule has 4 heteroatoms. The van der Waals surface area contributed by atoms with Gasteiger partial charge in [-0.1, -0.05) is 45.8 Å². The van der Waals surface area contributed by atoms with Crippen LogP contribution in [0.25, 0.3) is 0 Å². The molecule has 0 saturated carbocycles. The van der Waals surface area contributed by atoms with Crippen LogP contribution in [0.4, 0.5) is 0 Å². The Balaban J connectivity index is 4.99. The Kier molecular flexibility index (Phi) is 7.35. The van der Waals surface area contributed by atoms with Crippen LogP contribution < -0.4 is 11.1 Å². The highest BCUT2D eigenvalue weighted by atomic mass is 32.1. The van der Waals surface area contributed by atoms with E-state index in [9.17, 15) is 4.79 Å². The molecular weight excluding hydrogens is 232 g/mol. The standard InChI is InChI=1S/C13H26N2OS/c1-5-8-13(9-6-2,11(14)17)12(16)15-10(4)7-3/h10H,5-9H2,1-4H3,(H2,14,17)(H,15,16). The summed E-state index contributed by atoms with van der Waals surface area (Å²) in [6.45, 7) is 8.16. The molecule has 0 heterocycles. The van der Waals surface area contributed by atoms with Crippen LogP contribution in [0, 0.1) is 5.41 Å². The molecule has 0 aliphatic carbocycles. The Hall–Kier alpha value is -0.640. The molecule has 3 N–H and O–H groups in total. The fourth-order valence-electron chi connectivity index (χ4n) is 2.03. The predicted octanol–water partition coefficient (Wildman–Crippen LogP) is 2.77. The van der Waals surface area contributed by atoms with Crippen molar-refractivity contribution in [3.05, 3.63) is 0 Å². The van der Waals surface area contributed by atoms with Crippen LogP contribution >= 0.6 is 12.2 Å². The summed E-state index contributed by atoms with van der Waals surface area (Å²) in [6, 6.07) is 0.171. The van der Waals surface area contributed by atoms with Gasteiger partial charge in [0.25, 0.3) is 0 Å². The topological polar surface area (TPSA) is 55.1 Å². The van der Waals surface area contributed by atoms with E-state index in [1.807, 2.05) is 13.8 Å². The van der Waals surface area contributed by atoms with E-state index in [-0.39, 0.29) is 11.9 Å². The Morgan fingerprint density at radius 3 is 2.06 bits per heavy atom. The summed E-state index contributed by atoms with van der Waals surface area (Å²) in [5, 5.41) is 3.02. The van der Waals surface area contributed by atoms with Crippen molar-refractivity contribution in [3.63, 3.8) is 0 Å². The number of amides is 1. The Morgan fingerprint density at radius 2 is 1.76 bits per heavy atom. The molecular formula is C13H26N2OS.